The molecule has 4 aromatic rings. The number of hydrogen-bond donors (Lipinski definition) is 6. The van der Waals surface area contributed by atoms with E-state index in [1.807, 2.05) is 52.0 Å². The first-order chi connectivity index (χ1) is 33.3. The van der Waals surface area contributed by atoms with Crippen molar-refractivity contribution in [3.8, 4) is 11.5 Å². The highest BCUT2D eigenvalue weighted by Gasteiger charge is 2.69. The molecule has 2 aromatic carbocycles. The second-order valence-corrected chi connectivity index (χ2v) is 24.5. The van der Waals surface area contributed by atoms with Crippen LogP contribution in [-0.2, 0) is 41.5 Å². The molecule has 2 amide bonds. The molecule has 16 heteroatoms. The van der Waals surface area contributed by atoms with Gasteiger partial charge in [-0.15, -0.1) is 22.7 Å². The number of ether oxygens (including phenoxy) is 2. The summed E-state index contributed by atoms with van der Waals surface area (Å²) in [6.45, 7) is 7.88. The highest BCUT2D eigenvalue weighted by atomic mass is 32.1. The van der Waals surface area contributed by atoms with E-state index in [-0.39, 0.29) is 109 Å². The highest BCUT2D eigenvalue weighted by molar-refractivity contribution is 7.16. The standard InChI is InChI=1S/C54H66N4O10S2/c1-29-27-55-49(69-29)57-43(61)15-7-33-25-53(65,51(3)21-19-39-37-13-9-35(59)23-31(37)5-11-41(39)47(33)51)67-45(63)17-18-46(64)68-54(66)26-34(8-16-44(62)58-50-56-28-30(2)70-50)48-42-12-6-32-24-36(60)10-14-38(32)40(42)20-22-52(48,54)4/h9-10,13-14,23-24,27-28,33-34,39-42,47-48,59-60,65-66H,5-8,11-12,15-22,25-26H2,1-4H3,(H,55,57,61)(H,56,58,62)/t33-,34-,39?,40?,41?,42?,47?,48?,51+,52+,53+,54+/m1/s1. The van der Waals surface area contributed by atoms with Gasteiger partial charge >= 0.3 is 11.9 Å². The molecular weight excluding hydrogens is 929 g/mol. The van der Waals surface area contributed by atoms with Crippen molar-refractivity contribution in [1.29, 1.82) is 0 Å². The largest absolute Gasteiger partial charge is 0.508 e. The summed E-state index contributed by atoms with van der Waals surface area (Å²) in [5.41, 5.74) is 3.01. The monoisotopic (exact) mass is 994 g/mol. The Kier molecular flexibility index (Phi) is 13.0. The Labute approximate surface area is 417 Å². The van der Waals surface area contributed by atoms with Gasteiger partial charge in [-0.2, -0.15) is 0 Å². The van der Waals surface area contributed by atoms with Crippen molar-refractivity contribution >= 4 is 56.7 Å². The summed E-state index contributed by atoms with van der Waals surface area (Å²) in [5, 5.41) is 52.9. The number of aliphatic hydroxyl groups is 2. The summed E-state index contributed by atoms with van der Waals surface area (Å²) in [7, 11) is 0. The second-order valence-electron chi connectivity index (χ2n) is 22.0. The predicted octanol–water partition coefficient (Wildman–Crippen LogP) is 9.57. The molecule has 374 valence electrons. The number of phenolic OH excluding ortho intramolecular Hbond substituents is 2. The number of nitrogens with zero attached hydrogens (tertiary/aromatic N) is 2. The molecule has 4 fully saturated rings. The summed E-state index contributed by atoms with van der Waals surface area (Å²) in [6.07, 6.45) is 10.2. The lowest BCUT2D eigenvalue weighted by Gasteiger charge is -2.53. The Morgan fingerprint density at radius 3 is 1.44 bits per heavy atom. The number of aryl methyl sites for hydroxylation is 4. The quantitative estimate of drug-likeness (QED) is 0.0545. The molecule has 6 unspecified atom stereocenters. The van der Waals surface area contributed by atoms with Crippen molar-refractivity contribution in [2.24, 2.45) is 46.3 Å². The van der Waals surface area contributed by atoms with Crippen LogP contribution in [0.2, 0.25) is 0 Å². The predicted molar refractivity (Wildman–Crippen MR) is 264 cm³/mol. The van der Waals surface area contributed by atoms with Crippen LogP contribution in [0.15, 0.2) is 48.8 Å². The van der Waals surface area contributed by atoms with Gasteiger partial charge in [0.1, 0.15) is 11.5 Å². The maximum atomic E-state index is 14.0. The third-order valence-corrected chi connectivity index (χ3v) is 19.8. The molecule has 0 spiro atoms. The summed E-state index contributed by atoms with van der Waals surface area (Å²) in [6, 6.07) is 11.2. The molecule has 2 aromatic heterocycles. The topological polar surface area (TPSA) is 218 Å². The number of anilines is 2. The molecule has 0 radical (unpaired) electrons. The molecule has 6 N–H and O–H groups in total. The van der Waals surface area contributed by atoms with Crippen LogP contribution >= 0.6 is 22.7 Å². The van der Waals surface area contributed by atoms with E-state index in [1.54, 1.807) is 24.5 Å². The van der Waals surface area contributed by atoms with Crippen molar-refractivity contribution in [3.63, 3.8) is 0 Å². The summed E-state index contributed by atoms with van der Waals surface area (Å²) >= 11 is 2.81. The third kappa shape index (κ3) is 8.82. The van der Waals surface area contributed by atoms with Crippen LogP contribution in [0.3, 0.4) is 0 Å². The van der Waals surface area contributed by atoms with E-state index in [0.717, 1.165) is 59.4 Å². The van der Waals surface area contributed by atoms with Crippen LogP contribution in [0.25, 0.3) is 0 Å². The average Bonchev–Trinajstić information content (AvgIpc) is 4.03. The summed E-state index contributed by atoms with van der Waals surface area (Å²) in [5.74, 6) is -4.81. The Balaban J connectivity index is 0.833. The number of hydrogen-bond acceptors (Lipinski definition) is 14. The van der Waals surface area contributed by atoms with Gasteiger partial charge in [0.2, 0.25) is 23.4 Å². The van der Waals surface area contributed by atoms with E-state index >= 15 is 0 Å². The molecular formula is C54H66N4O10S2. The number of fused-ring (bicyclic) bond motifs is 10. The van der Waals surface area contributed by atoms with Crippen molar-refractivity contribution in [3.05, 3.63) is 80.8 Å². The minimum absolute atomic E-state index is 0.0772. The van der Waals surface area contributed by atoms with E-state index in [2.05, 4.69) is 20.6 Å². The second kappa shape index (κ2) is 18.6. The maximum absolute atomic E-state index is 14.0. The van der Waals surface area contributed by atoms with Crippen molar-refractivity contribution < 1.29 is 49.1 Å². The number of thiazole rings is 2. The fourth-order valence-corrected chi connectivity index (χ4v) is 16.5. The highest BCUT2D eigenvalue weighted by Crippen LogP contribution is 2.69. The first kappa shape index (κ1) is 48.7. The smallest absolute Gasteiger partial charge is 0.308 e. The lowest BCUT2D eigenvalue weighted by molar-refractivity contribution is -0.264. The van der Waals surface area contributed by atoms with Crippen molar-refractivity contribution in [1.82, 2.24) is 9.97 Å². The number of benzene rings is 2. The van der Waals surface area contributed by atoms with Crippen LogP contribution in [-0.4, -0.2) is 65.7 Å². The number of aromatic nitrogens is 2. The number of esters is 2. The molecule has 0 aliphatic heterocycles. The normalized spacial score (nSPS) is 33.6. The van der Waals surface area contributed by atoms with Gasteiger partial charge in [-0.1, -0.05) is 26.0 Å². The van der Waals surface area contributed by atoms with Gasteiger partial charge in [0, 0.05) is 58.7 Å². The molecule has 6 aliphatic rings. The number of nitrogens with one attached hydrogen (secondary N) is 2. The molecule has 2 heterocycles. The Morgan fingerprint density at radius 2 is 1.06 bits per heavy atom. The lowest BCUT2D eigenvalue weighted by Crippen LogP contribution is -2.53. The molecule has 12 atom stereocenters. The van der Waals surface area contributed by atoms with E-state index in [9.17, 15) is 39.6 Å². The third-order valence-electron chi connectivity index (χ3n) is 18.1. The zero-order valence-corrected chi connectivity index (χ0v) is 42.1. The number of carbonyl (C=O) groups is 4. The number of rotatable bonds is 13. The number of carbonyl (C=O) groups excluding carboxylic acids is 4. The SMILES string of the molecule is Cc1cnc(NC(=O)CC[C@@H]2C[C@](O)(OC(=O)CCC(=O)O[C@@]3(O)C[C@@H](CCC(=O)Nc4ncc(C)s4)C4C5CCc6cc(O)ccc6C5CC[C@@]43C)[C@@]3(C)CCC4c5ccc(O)cc5CCC4C23)s1. The number of amides is 2. The lowest BCUT2D eigenvalue weighted by atomic mass is 9.53. The first-order valence-electron chi connectivity index (χ1n) is 25.3. The Morgan fingerprint density at radius 1 is 0.643 bits per heavy atom. The zero-order chi connectivity index (χ0) is 49.3. The number of phenols is 2. The van der Waals surface area contributed by atoms with Gasteiger partial charge in [-0.05, 0) is 172 Å². The van der Waals surface area contributed by atoms with Gasteiger partial charge in [0.15, 0.2) is 10.3 Å². The van der Waals surface area contributed by atoms with Gasteiger partial charge < -0.3 is 40.5 Å². The van der Waals surface area contributed by atoms with E-state index in [0.29, 0.717) is 35.9 Å². The van der Waals surface area contributed by atoms with Crippen molar-refractivity contribution in [2.45, 2.75) is 154 Å². The van der Waals surface area contributed by atoms with E-state index in [4.69, 9.17) is 9.47 Å². The van der Waals surface area contributed by atoms with E-state index in [1.165, 1.54) is 33.8 Å². The molecule has 70 heavy (non-hydrogen) atoms. The Bertz CT molecular complexity index is 2510. The maximum Gasteiger partial charge on any atom is 0.308 e. The molecule has 14 nitrogen and oxygen atoms in total. The van der Waals surface area contributed by atoms with Crippen LogP contribution in [0.4, 0.5) is 10.3 Å². The molecule has 10 rings (SSSR count). The van der Waals surface area contributed by atoms with Crippen LogP contribution < -0.4 is 10.6 Å². The van der Waals surface area contributed by atoms with E-state index < -0.39 is 34.3 Å². The van der Waals surface area contributed by atoms with Crippen LogP contribution in [0.1, 0.15) is 148 Å². The number of aromatic hydroxyl groups is 2. The van der Waals surface area contributed by atoms with Crippen molar-refractivity contribution in [2.75, 3.05) is 10.6 Å². The zero-order valence-electron chi connectivity index (χ0n) is 40.5. The van der Waals surface area contributed by atoms with Crippen LogP contribution in [0, 0.1) is 60.2 Å². The van der Waals surface area contributed by atoms with Gasteiger partial charge in [0.05, 0.1) is 12.8 Å². The minimum Gasteiger partial charge on any atom is -0.508 e. The molecule has 4 saturated carbocycles. The minimum atomic E-state index is -1.86. The van der Waals surface area contributed by atoms with Gasteiger partial charge in [-0.3, -0.25) is 19.2 Å². The van der Waals surface area contributed by atoms with Gasteiger partial charge in [-0.25, -0.2) is 9.97 Å². The van der Waals surface area contributed by atoms with Gasteiger partial charge in [0.25, 0.3) is 0 Å². The summed E-state index contributed by atoms with van der Waals surface area (Å²) in [4.78, 5) is 65.1. The molecule has 0 bridgehead atoms. The fraction of sp³-hybridized carbons (Fsp3) is 0.593. The fourth-order valence-electron chi connectivity index (χ4n) is 15.1. The first-order valence-corrected chi connectivity index (χ1v) is 27.0. The average molecular weight is 995 g/mol. The summed E-state index contributed by atoms with van der Waals surface area (Å²) < 4.78 is 12.4. The molecule has 6 aliphatic carbocycles. The Hall–Kier alpha value is -4.90. The van der Waals surface area contributed by atoms with Crippen LogP contribution in [0.5, 0.6) is 11.5 Å². The molecule has 0 saturated heterocycles.